The number of fused-ring (bicyclic) bond motifs is 2. The second kappa shape index (κ2) is 7.01. The first-order valence-corrected chi connectivity index (χ1v) is 9.38. The summed E-state index contributed by atoms with van der Waals surface area (Å²) < 4.78 is 12.6. The number of hydrogen-bond donors (Lipinski definition) is 0. The largest absolute Gasteiger partial charge is 0.454 e. The van der Waals surface area contributed by atoms with Gasteiger partial charge < -0.3 is 14.4 Å². The van der Waals surface area contributed by atoms with Gasteiger partial charge in [-0.05, 0) is 30.7 Å². The van der Waals surface area contributed by atoms with Gasteiger partial charge in [-0.25, -0.2) is 4.98 Å². The molecule has 8 heteroatoms. The zero-order valence-corrected chi connectivity index (χ0v) is 15.6. The lowest BCUT2D eigenvalue weighted by atomic mass is 10.2. The number of amides is 1. The second-order valence-electron chi connectivity index (χ2n) is 5.72. The van der Waals surface area contributed by atoms with Crippen molar-refractivity contribution < 1.29 is 14.3 Å². The maximum absolute atomic E-state index is 12.6. The van der Waals surface area contributed by atoms with E-state index >= 15 is 0 Å². The van der Waals surface area contributed by atoms with Crippen molar-refractivity contribution in [1.29, 1.82) is 0 Å². The molecule has 1 aliphatic rings. The molecule has 0 saturated carbocycles. The third kappa shape index (κ3) is 3.15. The van der Waals surface area contributed by atoms with Crippen molar-refractivity contribution in [1.82, 2.24) is 14.3 Å². The number of carbonyl (C=O) groups is 1. The van der Waals surface area contributed by atoms with Gasteiger partial charge in [0.25, 0.3) is 0 Å². The summed E-state index contributed by atoms with van der Waals surface area (Å²) in [5.41, 5.74) is 1.69. The monoisotopic (exact) mass is 389 g/mol. The maximum atomic E-state index is 12.6. The Bertz CT molecular complexity index is 995. The molecule has 0 saturated heterocycles. The number of hydrogen-bond acceptors (Lipinski definition) is 5. The predicted molar refractivity (Wildman–Crippen MR) is 101 cm³/mol. The van der Waals surface area contributed by atoms with Gasteiger partial charge in [0, 0.05) is 30.7 Å². The zero-order chi connectivity index (χ0) is 18.1. The first kappa shape index (κ1) is 16.9. The molecule has 1 amide bonds. The third-order valence-electron chi connectivity index (χ3n) is 4.14. The van der Waals surface area contributed by atoms with Crippen LogP contribution < -0.4 is 9.47 Å². The van der Waals surface area contributed by atoms with Crippen LogP contribution in [-0.2, 0) is 11.3 Å². The van der Waals surface area contributed by atoms with E-state index in [1.54, 1.807) is 11.0 Å². The molecular weight excluding hydrogens is 374 g/mol. The van der Waals surface area contributed by atoms with Crippen LogP contribution in [0.25, 0.3) is 11.0 Å². The number of likely N-dealkylation sites (N-methyl/N-ethyl adjacent to an activating group) is 1. The molecule has 0 fully saturated rings. The Morgan fingerprint density at radius 3 is 3.12 bits per heavy atom. The molecule has 0 aliphatic carbocycles. The van der Waals surface area contributed by atoms with Gasteiger partial charge >= 0.3 is 0 Å². The second-order valence-corrected chi connectivity index (χ2v) is 6.95. The Kier molecular flexibility index (Phi) is 4.57. The van der Waals surface area contributed by atoms with Crippen LogP contribution in [0, 0.1) is 0 Å². The van der Waals surface area contributed by atoms with E-state index in [4.69, 9.17) is 21.1 Å². The summed E-state index contributed by atoms with van der Waals surface area (Å²) >= 11 is 7.66. The molecule has 0 atom stereocenters. The average molecular weight is 390 g/mol. The minimum absolute atomic E-state index is 0.0913. The Hall–Kier alpha value is -2.51. The van der Waals surface area contributed by atoms with Crippen molar-refractivity contribution in [2.24, 2.45) is 0 Å². The van der Waals surface area contributed by atoms with Gasteiger partial charge in [0.15, 0.2) is 21.6 Å². The molecule has 2 aromatic heterocycles. The number of carbonyl (C=O) groups excluding carboxylic acids is 1. The highest BCUT2D eigenvalue weighted by Gasteiger charge is 2.16. The first-order valence-electron chi connectivity index (χ1n) is 8.12. The molecule has 0 bridgehead atoms. The summed E-state index contributed by atoms with van der Waals surface area (Å²) in [6.45, 7) is 3.26. The fourth-order valence-electron chi connectivity index (χ4n) is 2.79. The van der Waals surface area contributed by atoms with Gasteiger partial charge in [0.1, 0.15) is 0 Å². The fraction of sp³-hybridized carbons (Fsp3) is 0.222. The van der Waals surface area contributed by atoms with E-state index < -0.39 is 0 Å². The highest BCUT2D eigenvalue weighted by atomic mass is 35.5. The molecule has 1 aromatic carbocycles. The number of imidazole rings is 1. The Labute approximate surface area is 159 Å². The normalized spacial score (nSPS) is 13.0. The highest BCUT2D eigenvalue weighted by Crippen LogP contribution is 2.32. The average Bonchev–Trinajstić information content (AvgIpc) is 3.33. The maximum Gasteiger partial charge on any atom is 0.246 e. The van der Waals surface area contributed by atoms with E-state index in [1.807, 2.05) is 41.1 Å². The standard InChI is InChI=1S/C18H16ClN3O3S/c1-2-21(10-12-3-5-14-15(9-12)25-11-24-14)16(23)6-4-13-17(19)20-18-22(13)7-8-26-18/h3-9H,2,10-11H2,1H3/b6-4+. The van der Waals surface area contributed by atoms with Crippen molar-refractivity contribution in [3.63, 3.8) is 0 Å². The summed E-state index contributed by atoms with van der Waals surface area (Å²) in [6, 6.07) is 5.71. The summed E-state index contributed by atoms with van der Waals surface area (Å²) in [4.78, 5) is 19.4. The fourth-order valence-corrected chi connectivity index (χ4v) is 3.79. The topological polar surface area (TPSA) is 56.1 Å². The van der Waals surface area contributed by atoms with Crippen LogP contribution in [0.3, 0.4) is 0 Å². The zero-order valence-electron chi connectivity index (χ0n) is 14.0. The van der Waals surface area contributed by atoms with E-state index in [0.717, 1.165) is 16.3 Å². The van der Waals surface area contributed by atoms with Crippen LogP contribution in [0.1, 0.15) is 18.2 Å². The smallest absolute Gasteiger partial charge is 0.246 e. The van der Waals surface area contributed by atoms with Gasteiger partial charge in [-0.3, -0.25) is 9.20 Å². The van der Waals surface area contributed by atoms with Gasteiger partial charge in [0.05, 0.1) is 5.69 Å². The summed E-state index contributed by atoms with van der Waals surface area (Å²) in [5.74, 6) is 1.36. The number of thiazole rings is 1. The molecule has 3 aromatic rings. The molecule has 134 valence electrons. The molecule has 0 radical (unpaired) electrons. The molecule has 3 heterocycles. The van der Waals surface area contributed by atoms with Crippen LogP contribution >= 0.6 is 22.9 Å². The predicted octanol–water partition coefficient (Wildman–Crippen LogP) is 3.84. The lowest BCUT2D eigenvalue weighted by Crippen LogP contribution is -2.28. The summed E-state index contributed by atoms with van der Waals surface area (Å²) in [5, 5.41) is 2.32. The quantitative estimate of drug-likeness (QED) is 0.622. The molecular formula is C18H16ClN3O3S. The SMILES string of the molecule is CCN(Cc1ccc2c(c1)OCO2)C(=O)/C=C/c1c(Cl)nc2sccn12. The van der Waals surface area contributed by atoms with Crippen molar-refractivity contribution in [3.05, 3.63) is 52.3 Å². The number of ether oxygens (including phenoxy) is 2. The molecule has 6 nitrogen and oxygen atoms in total. The van der Waals surface area contributed by atoms with E-state index in [-0.39, 0.29) is 12.7 Å². The number of nitrogens with zero attached hydrogens (tertiary/aromatic N) is 3. The van der Waals surface area contributed by atoms with E-state index in [0.29, 0.717) is 29.7 Å². The number of rotatable bonds is 5. The Morgan fingerprint density at radius 1 is 1.42 bits per heavy atom. The van der Waals surface area contributed by atoms with Crippen molar-refractivity contribution in [2.75, 3.05) is 13.3 Å². The van der Waals surface area contributed by atoms with Crippen molar-refractivity contribution in [2.45, 2.75) is 13.5 Å². The minimum atomic E-state index is -0.0913. The van der Waals surface area contributed by atoms with E-state index in [2.05, 4.69) is 4.98 Å². The van der Waals surface area contributed by atoms with Crippen molar-refractivity contribution in [3.8, 4) is 11.5 Å². The van der Waals surface area contributed by atoms with E-state index in [9.17, 15) is 4.79 Å². The van der Waals surface area contributed by atoms with Gasteiger partial charge in [0.2, 0.25) is 12.7 Å². The lowest BCUT2D eigenvalue weighted by molar-refractivity contribution is -0.126. The summed E-state index contributed by atoms with van der Waals surface area (Å²) in [6.07, 6.45) is 5.12. The molecule has 1 aliphatic heterocycles. The molecule has 0 spiro atoms. The molecule has 0 unspecified atom stereocenters. The molecule has 0 N–H and O–H groups in total. The molecule has 26 heavy (non-hydrogen) atoms. The van der Waals surface area contributed by atoms with Crippen LogP contribution in [0.4, 0.5) is 0 Å². The van der Waals surface area contributed by atoms with Crippen molar-refractivity contribution >= 4 is 39.9 Å². The van der Waals surface area contributed by atoms with Gasteiger partial charge in [-0.2, -0.15) is 0 Å². The number of benzene rings is 1. The highest BCUT2D eigenvalue weighted by molar-refractivity contribution is 7.15. The lowest BCUT2D eigenvalue weighted by Gasteiger charge is -2.19. The number of halogens is 1. The van der Waals surface area contributed by atoms with Crippen LogP contribution in [0.15, 0.2) is 35.9 Å². The summed E-state index contributed by atoms with van der Waals surface area (Å²) in [7, 11) is 0. The van der Waals surface area contributed by atoms with Crippen LogP contribution in [-0.4, -0.2) is 33.5 Å². The Balaban J connectivity index is 1.50. The Morgan fingerprint density at radius 2 is 2.27 bits per heavy atom. The molecule has 4 rings (SSSR count). The third-order valence-corrected chi connectivity index (χ3v) is 5.18. The van der Waals surface area contributed by atoms with Gasteiger partial charge in [-0.15, -0.1) is 11.3 Å². The number of aromatic nitrogens is 2. The first-order chi connectivity index (χ1) is 12.7. The van der Waals surface area contributed by atoms with Gasteiger partial charge in [-0.1, -0.05) is 17.7 Å². The van der Waals surface area contributed by atoms with Crippen LogP contribution in [0.5, 0.6) is 11.5 Å². The van der Waals surface area contributed by atoms with Crippen LogP contribution in [0.2, 0.25) is 5.15 Å². The minimum Gasteiger partial charge on any atom is -0.454 e. The van der Waals surface area contributed by atoms with E-state index in [1.165, 1.54) is 17.4 Å².